The van der Waals surface area contributed by atoms with Crippen molar-refractivity contribution in [3.63, 3.8) is 0 Å². The van der Waals surface area contributed by atoms with E-state index in [1.807, 2.05) is 36.6 Å². The summed E-state index contributed by atoms with van der Waals surface area (Å²) in [4.78, 5) is 5.05. The monoisotopic (exact) mass is 472 g/mol. The second-order valence-electron chi connectivity index (χ2n) is 8.34. The first kappa shape index (κ1) is 23.6. The van der Waals surface area contributed by atoms with Crippen molar-refractivity contribution in [3.8, 4) is 11.1 Å². The molecule has 0 bridgehead atoms. The molecule has 1 aromatic heterocycles. The zero-order chi connectivity index (χ0) is 23.6. The molecule has 0 radical (unpaired) electrons. The van der Waals surface area contributed by atoms with Crippen molar-refractivity contribution in [1.29, 1.82) is 0 Å². The molecule has 4 rings (SSSR count). The van der Waals surface area contributed by atoms with E-state index in [1.54, 1.807) is 24.3 Å². The molecule has 3 aromatic rings. The van der Waals surface area contributed by atoms with Crippen LogP contribution >= 0.6 is 0 Å². The van der Waals surface area contributed by atoms with Crippen molar-refractivity contribution in [2.45, 2.75) is 36.6 Å². The van der Waals surface area contributed by atoms with Gasteiger partial charge in [0.2, 0.25) is 9.84 Å². The Morgan fingerprint density at radius 2 is 2.06 bits per heavy atom. The zero-order valence-corrected chi connectivity index (χ0v) is 19.6. The molecule has 1 atom stereocenters. The summed E-state index contributed by atoms with van der Waals surface area (Å²) in [5.74, 6) is 0.560. The van der Waals surface area contributed by atoms with Crippen LogP contribution in [0.2, 0.25) is 0 Å². The van der Waals surface area contributed by atoms with Gasteiger partial charge in [0.15, 0.2) is 5.44 Å². The summed E-state index contributed by atoms with van der Waals surface area (Å²) in [6.07, 6.45) is 1.37. The van der Waals surface area contributed by atoms with Gasteiger partial charge in [-0.05, 0) is 29.8 Å². The standard InChI is InChI=1S/C24H29FN4O3S/c1-16(2)24-28-23-20(4-3-5-21(23)29(24)15-18(25)10-11-26)17-6-8-19(9-7-17)33(30,31)22-14-27-12-13-32-22/h3-10,16,22,27H,11-15,26H2,1-2H3/b18-10-. The van der Waals surface area contributed by atoms with Crippen molar-refractivity contribution < 1.29 is 17.5 Å². The van der Waals surface area contributed by atoms with Gasteiger partial charge in [0, 0.05) is 31.1 Å². The molecular weight excluding hydrogens is 443 g/mol. The lowest BCUT2D eigenvalue weighted by Gasteiger charge is -2.23. The molecule has 0 saturated carbocycles. The third kappa shape index (κ3) is 4.72. The summed E-state index contributed by atoms with van der Waals surface area (Å²) in [5, 5.41) is 3.05. The number of allylic oxidation sites excluding steroid dienone is 1. The van der Waals surface area contributed by atoms with Crippen molar-refractivity contribution in [2.24, 2.45) is 5.73 Å². The molecule has 7 nitrogen and oxygen atoms in total. The van der Waals surface area contributed by atoms with Crippen LogP contribution in [0.15, 0.2) is 59.3 Å². The maximum atomic E-state index is 14.3. The van der Waals surface area contributed by atoms with Crippen LogP contribution in [0.5, 0.6) is 0 Å². The van der Waals surface area contributed by atoms with E-state index in [2.05, 4.69) is 5.32 Å². The fourth-order valence-electron chi connectivity index (χ4n) is 4.06. The molecule has 0 aliphatic carbocycles. The number of nitrogens with one attached hydrogen (secondary N) is 1. The number of halogens is 1. The lowest BCUT2D eigenvalue weighted by molar-refractivity contribution is 0.0785. The topological polar surface area (TPSA) is 99.2 Å². The van der Waals surface area contributed by atoms with E-state index in [9.17, 15) is 12.8 Å². The van der Waals surface area contributed by atoms with Crippen LogP contribution < -0.4 is 11.1 Å². The smallest absolute Gasteiger partial charge is 0.206 e. The summed E-state index contributed by atoms with van der Waals surface area (Å²) >= 11 is 0. The molecule has 0 amide bonds. The molecule has 9 heteroatoms. The minimum Gasteiger partial charge on any atom is -0.359 e. The van der Waals surface area contributed by atoms with Crippen LogP contribution in [0.25, 0.3) is 22.2 Å². The highest BCUT2D eigenvalue weighted by Gasteiger charge is 2.30. The van der Waals surface area contributed by atoms with Crippen LogP contribution in [0.3, 0.4) is 0 Å². The van der Waals surface area contributed by atoms with Crippen molar-refractivity contribution >= 4 is 20.9 Å². The molecular formula is C24H29FN4O3S. The molecule has 1 fully saturated rings. The Kier molecular flexibility index (Phi) is 6.94. The molecule has 3 N–H and O–H groups in total. The van der Waals surface area contributed by atoms with Gasteiger partial charge in [-0.25, -0.2) is 17.8 Å². The van der Waals surface area contributed by atoms with Crippen LogP contribution in [0.4, 0.5) is 4.39 Å². The number of nitrogens with zero attached hydrogens (tertiary/aromatic N) is 2. The maximum Gasteiger partial charge on any atom is 0.206 e. The average Bonchev–Trinajstić information content (AvgIpc) is 3.18. The van der Waals surface area contributed by atoms with E-state index in [4.69, 9.17) is 15.5 Å². The Hall–Kier alpha value is -2.59. The number of rotatable bonds is 7. The molecule has 1 unspecified atom stereocenters. The lowest BCUT2D eigenvalue weighted by atomic mass is 10.0. The molecule has 0 spiro atoms. The van der Waals surface area contributed by atoms with Crippen molar-refractivity contribution in [1.82, 2.24) is 14.9 Å². The number of para-hydroxylation sites is 1. The lowest BCUT2D eigenvalue weighted by Crippen LogP contribution is -2.42. The number of aromatic nitrogens is 2. The predicted octanol–water partition coefficient (Wildman–Crippen LogP) is 3.36. The Balaban J connectivity index is 1.73. The highest BCUT2D eigenvalue weighted by Crippen LogP contribution is 2.32. The first-order chi connectivity index (χ1) is 15.8. The van der Waals surface area contributed by atoms with Crippen LogP contribution in [-0.4, -0.2) is 49.6 Å². The molecule has 1 aliphatic heterocycles. The van der Waals surface area contributed by atoms with E-state index in [0.717, 1.165) is 28.0 Å². The summed E-state index contributed by atoms with van der Waals surface area (Å²) in [7, 11) is -3.60. The van der Waals surface area contributed by atoms with Crippen LogP contribution in [0, 0.1) is 0 Å². The first-order valence-electron chi connectivity index (χ1n) is 11.0. The number of hydrogen-bond acceptors (Lipinski definition) is 6. The number of imidazole rings is 1. The fourth-order valence-corrected chi connectivity index (χ4v) is 5.50. The first-order valence-corrected chi connectivity index (χ1v) is 12.6. The van der Waals surface area contributed by atoms with Gasteiger partial charge in [-0.1, -0.05) is 38.1 Å². The third-order valence-electron chi connectivity index (χ3n) is 5.71. The van der Waals surface area contributed by atoms with E-state index < -0.39 is 15.3 Å². The molecule has 2 heterocycles. The van der Waals surface area contributed by atoms with Gasteiger partial charge >= 0.3 is 0 Å². The number of ether oxygens (including phenoxy) is 1. The van der Waals surface area contributed by atoms with Crippen LogP contribution in [-0.2, 0) is 21.1 Å². The molecule has 1 saturated heterocycles. The Morgan fingerprint density at radius 1 is 1.30 bits per heavy atom. The van der Waals surface area contributed by atoms with Gasteiger partial charge in [0.1, 0.15) is 11.7 Å². The Morgan fingerprint density at radius 3 is 2.70 bits per heavy atom. The zero-order valence-electron chi connectivity index (χ0n) is 18.8. The summed E-state index contributed by atoms with van der Waals surface area (Å²) in [5.41, 5.74) is 7.83. The highest BCUT2D eigenvalue weighted by molar-refractivity contribution is 7.92. The van der Waals surface area contributed by atoms with Gasteiger partial charge in [-0.2, -0.15) is 0 Å². The number of sulfone groups is 1. The van der Waals surface area contributed by atoms with E-state index in [0.29, 0.717) is 13.2 Å². The van der Waals surface area contributed by atoms with Gasteiger partial charge in [-0.3, -0.25) is 0 Å². The van der Waals surface area contributed by atoms with Gasteiger partial charge in [0.05, 0.1) is 29.1 Å². The number of hydrogen-bond donors (Lipinski definition) is 2. The molecule has 176 valence electrons. The van der Waals surface area contributed by atoms with Crippen molar-refractivity contribution in [2.75, 3.05) is 26.2 Å². The fraction of sp³-hybridized carbons (Fsp3) is 0.375. The predicted molar refractivity (Wildman–Crippen MR) is 127 cm³/mol. The van der Waals surface area contributed by atoms with Crippen molar-refractivity contribution in [3.05, 3.63) is 60.2 Å². The molecule has 2 aromatic carbocycles. The minimum absolute atomic E-state index is 0.0667. The quantitative estimate of drug-likeness (QED) is 0.547. The number of nitrogens with two attached hydrogens (primary N) is 1. The Labute approximate surface area is 193 Å². The average molecular weight is 473 g/mol. The normalized spacial score (nSPS) is 17.7. The summed E-state index contributed by atoms with van der Waals surface area (Å²) in [6, 6.07) is 12.5. The van der Waals surface area contributed by atoms with Crippen LogP contribution in [0.1, 0.15) is 25.6 Å². The number of benzene rings is 2. The minimum atomic E-state index is -3.60. The summed E-state index contributed by atoms with van der Waals surface area (Å²) in [6.45, 7) is 5.52. The van der Waals surface area contributed by atoms with Gasteiger partial charge in [0.25, 0.3) is 0 Å². The van der Waals surface area contributed by atoms with Gasteiger partial charge in [-0.15, -0.1) is 0 Å². The van der Waals surface area contributed by atoms with E-state index in [1.165, 1.54) is 6.08 Å². The summed E-state index contributed by atoms with van der Waals surface area (Å²) < 4.78 is 47.4. The van der Waals surface area contributed by atoms with E-state index >= 15 is 0 Å². The maximum absolute atomic E-state index is 14.3. The van der Waals surface area contributed by atoms with Gasteiger partial charge < -0.3 is 20.4 Å². The molecule has 33 heavy (non-hydrogen) atoms. The largest absolute Gasteiger partial charge is 0.359 e. The number of morpholine rings is 1. The third-order valence-corrected chi connectivity index (χ3v) is 7.63. The second kappa shape index (κ2) is 9.72. The van der Waals surface area contributed by atoms with E-state index in [-0.39, 0.29) is 36.3 Å². The molecule has 1 aliphatic rings. The second-order valence-corrected chi connectivity index (χ2v) is 10.4. The number of fused-ring (bicyclic) bond motifs is 1. The highest BCUT2D eigenvalue weighted by atomic mass is 32.2. The SMILES string of the molecule is CC(C)c1nc2c(-c3ccc(S(=O)(=O)C4CNCCO4)cc3)cccc2n1C/C(F)=C/CN. The Bertz CT molecular complexity index is 1260.